The molecule has 0 saturated heterocycles. The van der Waals surface area contributed by atoms with Gasteiger partial charge in [0, 0.05) is 18.1 Å². The van der Waals surface area contributed by atoms with Crippen LogP contribution in [0, 0.1) is 6.92 Å². The van der Waals surface area contributed by atoms with Crippen LogP contribution in [0.3, 0.4) is 0 Å². The normalized spacial score (nSPS) is 11.9. The van der Waals surface area contributed by atoms with Gasteiger partial charge >= 0.3 is 0 Å². The number of rotatable bonds is 11. The number of amides is 2. The van der Waals surface area contributed by atoms with Crippen molar-refractivity contribution in [3.8, 4) is 5.75 Å². The molecule has 0 heterocycles. The summed E-state index contributed by atoms with van der Waals surface area (Å²) in [6, 6.07) is 16.8. The van der Waals surface area contributed by atoms with Crippen LogP contribution in [0.4, 0.5) is 5.69 Å². The second kappa shape index (κ2) is 13.2. The largest absolute Gasteiger partial charge is 0.495 e. The van der Waals surface area contributed by atoms with Gasteiger partial charge in [-0.05, 0) is 68.8 Å². The minimum absolute atomic E-state index is 0.00821. The van der Waals surface area contributed by atoms with Crippen LogP contribution < -0.4 is 14.4 Å². The third kappa shape index (κ3) is 7.44. The lowest BCUT2D eigenvalue weighted by molar-refractivity contribution is -0.139. The molecule has 3 rings (SSSR count). The molecular formula is C28H31Cl2N3O5S. The van der Waals surface area contributed by atoms with Gasteiger partial charge in [0.15, 0.2) is 0 Å². The van der Waals surface area contributed by atoms with Crippen LogP contribution in [-0.4, -0.2) is 51.4 Å². The lowest BCUT2D eigenvalue weighted by atomic mass is 10.1. The first-order valence-electron chi connectivity index (χ1n) is 12.2. The van der Waals surface area contributed by atoms with Crippen molar-refractivity contribution in [2.24, 2.45) is 0 Å². The standard InChI is InChI=1S/C28H31Cl2N3O5S/c1-5-31-28(35)20(3)32(17-21-8-10-22(29)11-9-21)27(34)18-33(23-12-15-26(38-4)25(30)16-23)39(36,37)24-13-6-19(2)7-14-24/h6-16,20H,5,17-18H2,1-4H3,(H,31,35). The van der Waals surface area contributed by atoms with E-state index in [-0.39, 0.29) is 28.1 Å². The van der Waals surface area contributed by atoms with Gasteiger partial charge in [0.25, 0.3) is 10.0 Å². The fraction of sp³-hybridized carbons (Fsp3) is 0.286. The molecule has 0 saturated carbocycles. The molecule has 11 heteroatoms. The molecule has 1 N–H and O–H groups in total. The maximum absolute atomic E-state index is 13.9. The highest BCUT2D eigenvalue weighted by atomic mass is 35.5. The highest BCUT2D eigenvalue weighted by Gasteiger charge is 2.32. The summed E-state index contributed by atoms with van der Waals surface area (Å²) in [7, 11) is -2.76. The lowest BCUT2D eigenvalue weighted by Crippen LogP contribution is -2.51. The topological polar surface area (TPSA) is 96.0 Å². The van der Waals surface area contributed by atoms with Crippen molar-refractivity contribution in [3.05, 3.63) is 87.9 Å². The van der Waals surface area contributed by atoms with E-state index in [1.807, 2.05) is 6.92 Å². The van der Waals surface area contributed by atoms with Crippen LogP contribution in [0.15, 0.2) is 71.6 Å². The predicted octanol–water partition coefficient (Wildman–Crippen LogP) is 5.06. The molecule has 0 aromatic heterocycles. The van der Waals surface area contributed by atoms with Crippen molar-refractivity contribution in [2.45, 2.75) is 38.3 Å². The summed E-state index contributed by atoms with van der Waals surface area (Å²) in [5.41, 5.74) is 1.78. The Balaban J connectivity index is 2.06. The summed E-state index contributed by atoms with van der Waals surface area (Å²) in [5, 5.41) is 3.43. The number of nitrogens with one attached hydrogen (secondary N) is 1. The van der Waals surface area contributed by atoms with Crippen LogP contribution in [0.1, 0.15) is 25.0 Å². The Morgan fingerprint density at radius 2 is 1.64 bits per heavy atom. The number of carbonyl (C=O) groups excluding carboxylic acids is 2. The van der Waals surface area contributed by atoms with Gasteiger partial charge in [-0.3, -0.25) is 13.9 Å². The summed E-state index contributed by atoms with van der Waals surface area (Å²) in [4.78, 5) is 28.0. The van der Waals surface area contributed by atoms with Gasteiger partial charge in [0.05, 0.1) is 22.7 Å². The van der Waals surface area contributed by atoms with Crippen LogP contribution in [0.25, 0.3) is 0 Å². The van der Waals surface area contributed by atoms with E-state index < -0.39 is 28.5 Å². The molecule has 39 heavy (non-hydrogen) atoms. The average Bonchev–Trinajstić information content (AvgIpc) is 2.91. The zero-order valence-electron chi connectivity index (χ0n) is 22.1. The van der Waals surface area contributed by atoms with Gasteiger partial charge in [-0.1, -0.05) is 53.0 Å². The van der Waals surface area contributed by atoms with Crippen molar-refractivity contribution < 1.29 is 22.7 Å². The van der Waals surface area contributed by atoms with E-state index in [0.29, 0.717) is 17.3 Å². The first kappa shape index (κ1) is 30.3. The average molecular weight is 593 g/mol. The van der Waals surface area contributed by atoms with Crippen molar-refractivity contribution in [1.29, 1.82) is 0 Å². The van der Waals surface area contributed by atoms with Gasteiger partial charge in [-0.15, -0.1) is 0 Å². The Morgan fingerprint density at radius 1 is 1.00 bits per heavy atom. The van der Waals surface area contributed by atoms with E-state index >= 15 is 0 Å². The Hall–Kier alpha value is -3.27. The molecule has 0 aliphatic heterocycles. The predicted molar refractivity (Wildman–Crippen MR) is 154 cm³/mol. The molecule has 1 unspecified atom stereocenters. The van der Waals surface area contributed by atoms with Gasteiger partial charge in [-0.2, -0.15) is 0 Å². The second-order valence-corrected chi connectivity index (χ2v) is 11.6. The molecule has 0 bridgehead atoms. The van der Waals surface area contributed by atoms with Crippen LogP contribution in [0.5, 0.6) is 5.75 Å². The number of nitrogens with zero attached hydrogens (tertiary/aromatic N) is 2. The van der Waals surface area contributed by atoms with E-state index in [1.165, 1.54) is 42.3 Å². The quantitative estimate of drug-likeness (QED) is 0.336. The van der Waals surface area contributed by atoms with Crippen LogP contribution in [-0.2, 0) is 26.2 Å². The van der Waals surface area contributed by atoms with E-state index in [0.717, 1.165) is 15.4 Å². The van der Waals surface area contributed by atoms with Gasteiger partial charge in [0.1, 0.15) is 18.3 Å². The molecular weight excluding hydrogens is 561 g/mol. The first-order valence-corrected chi connectivity index (χ1v) is 14.4. The van der Waals surface area contributed by atoms with Crippen molar-refractivity contribution in [1.82, 2.24) is 10.2 Å². The summed E-state index contributed by atoms with van der Waals surface area (Å²) >= 11 is 12.3. The number of methoxy groups -OCH3 is 1. The number of halogens is 2. The van der Waals surface area contributed by atoms with E-state index in [9.17, 15) is 18.0 Å². The van der Waals surface area contributed by atoms with Crippen LogP contribution in [0.2, 0.25) is 10.0 Å². The van der Waals surface area contributed by atoms with Crippen molar-refractivity contribution >= 4 is 50.7 Å². The minimum Gasteiger partial charge on any atom is -0.495 e. The molecule has 0 fully saturated rings. The number of benzene rings is 3. The fourth-order valence-corrected chi connectivity index (χ4v) is 5.65. The van der Waals surface area contributed by atoms with E-state index in [4.69, 9.17) is 27.9 Å². The number of ether oxygens (including phenoxy) is 1. The second-order valence-electron chi connectivity index (χ2n) is 8.86. The molecule has 3 aromatic carbocycles. The summed E-state index contributed by atoms with van der Waals surface area (Å²) in [6.07, 6.45) is 0. The number of aryl methyl sites for hydroxylation is 1. The number of hydrogen-bond donors (Lipinski definition) is 1. The molecule has 8 nitrogen and oxygen atoms in total. The molecule has 208 valence electrons. The van der Waals surface area contributed by atoms with Crippen molar-refractivity contribution in [2.75, 3.05) is 24.5 Å². The third-order valence-electron chi connectivity index (χ3n) is 6.10. The Bertz CT molecular complexity index is 1410. The van der Waals surface area contributed by atoms with Gasteiger partial charge in [0.2, 0.25) is 11.8 Å². The van der Waals surface area contributed by atoms with E-state index in [1.54, 1.807) is 50.2 Å². The smallest absolute Gasteiger partial charge is 0.264 e. The Labute approximate surface area is 239 Å². The van der Waals surface area contributed by atoms with Crippen molar-refractivity contribution in [3.63, 3.8) is 0 Å². The highest BCUT2D eigenvalue weighted by Crippen LogP contribution is 2.32. The number of sulfonamides is 1. The number of hydrogen-bond acceptors (Lipinski definition) is 5. The zero-order chi connectivity index (χ0) is 28.7. The summed E-state index contributed by atoms with van der Waals surface area (Å²) in [5.74, 6) is -0.583. The Morgan fingerprint density at radius 3 is 2.21 bits per heavy atom. The zero-order valence-corrected chi connectivity index (χ0v) is 24.5. The summed E-state index contributed by atoms with van der Waals surface area (Å²) < 4.78 is 33.9. The summed E-state index contributed by atoms with van der Waals surface area (Å²) in [6.45, 7) is 5.09. The minimum atomic E-state index is -4.20. The molecule has 0 radical (unpaired) electrons. The fourth-order valence-electron chi connectivity index (χ4n) is 3.87. The third-order valence-corrected chi connectivity index (χ3v) is 8.43. The lowest BCUT2D eigenvalue weighted by Gasteiger charge is -2.32. The number of likely N-dealkylation sites (N-methyl/N-ethyl adjacent to an activating group) is 1. The molecule has 0 spiro atoms. The number of anilines is 1. The van der Waals surface area contributed by atoms with Crippen LogP contribution >= 0.6 is 23.2 Å². The molecule has 0 aliphatic rings. The van der Waals surface area contributed by atoms with E-state index in [2.05, 4.69) is 5.32 Å². The number of carbonyl (C=O) groups is 2. The maximum atomic E-state index is 13.9. The first-order chi connectivity index (χ1) is 18.5. The molecule has 0 aliphatic carbocycles. The molecule has 2 amide bonds. The van der Waals surface area contributed by atoms with Gasteiger partial charge < -0.3 is 15.0 Å². The molecule has 3 aromatic rings. The van der Waals surface area contributed by atoms with Gasteiger partial charge in [-0.25, -0.2) is 8.42 Å². The SMILES string of the molecule is CCNC(=O)C(C)N(Cc1ccc(Cl)cc1)C(=O)CN(c1ccc(OC)c(Cl)c1)S(=O)(=O)c1ccc(C)cc1. The highest BCUT2D eigenvalue weighted by molar-refractivity contribution is 7.92. The monoisotopic (exact) mass is 591 g/mol. The molecule has 1 atom stereocenters. The Kier molecular flexibility index (Phi) is 10.2. The maximum Gasteiger partial charge on any atom is 0.264 e.